The summed E-state index contributed by atoms with van der Waals surface area (Å²) in [6, 6.07) is 11.5. The summed E-state index contributed by atoms with van der Waals surface area (Å²) in [5.74, 6) is 0.725. The Kier molecular flexibility index (Phi) is 5.88. The van der Waals surface area contributed by atoms with E-state index in [1.165, 1.54) is 11.9 Å². The minimum absolute atomic E-state index is 0.122. The topological polar surface area (TPSA) is 77.0 Å². The first-order valence-electron chi connectivity index (χ1n) is 8.39. The van der Waals surface area contributed by atoms with Crippen LogP contribution in [0.1, 0.15) is 22.3 Å². The Morgan fingerprint density at radius 3 is 2.46 bits per heavy atom. The zero-order valence-electron chi connectivity index (χ0n) is 14.6. The maximum absolute atomic E-state index is 12.2. The standard InChI is InChI=1S/C20H20N4O2/c1-26-18-7-4-15(5-8-18)3-2-10-23-20(25)16-6-9-19(24-13-16)17-11-21-14-22-12-17/h4-9,11-14H,2-3,10H2,1H3,(H,23,25). The lowest BCUT2D eigenvalue weighted by Crippen LogP contribution is -2.24. The quantitative estimate of drug-likeness (QED) is 0.664. The molecule has 132 valence electrons. The van der Waals surface area contributed by atoms with Crippen molar-refractivity contribution in [2.24, 2.45) is 0 Å². The van der Waals surface area contributed by atoms with Crippen LogP contribution < -0.4 is 10.1 Å². The number of methoxy groups -OCH3 is 1. The maximum atomic E-state index is 12.2. The number of ether oxygens (including phenoxy) is 1. The largest absolute Gasteiger partial charge is 0.497 e. The van der Waals surface area contributed by atoms with Crippen LogP contribution in [-0.4, -0.2) is 34.5 Å². The van der Waals surface area contributed by atoms with Crippen LogP contribution in [0.4, 0.5) is 0 Å². The van der Waals surface area contributed by atoms with E-state index in [4.69, 9.17) is 4.74 Å². The van der Waals surface area contributed by atoms with Crippen LogP contribution in [0.5, 0.6) is 5.75 Å². The molecule has 0 saturated heterocycles. The summed E-state index contributed by atoms with van der Waals surface area (Å²) in [5, 5.41) is 2.92. The summed E-state index contributed by atoms with van der Waals surface area (Å²) >= 11 is 0. The number of carbonyl (C=O) groups excluding carboxylic acids is 1. The number of carbonyl (C=O) groups is 1. The Labute approximate surface area is 152 Å². The third-order valence-electron chi connectivity index (χ3n) is 3.97. The molecule has 6 nitrogen and oxygen atoms in total. The van der Waals surface area contributed by atoms with Gasteiger partial charge in [-0.3, -0.25) is 9.78 Å². The first-order chi connectivity index (χ1) is 12.8. The van der Waals surface area contributed by atoms with Gasteiger partial charge in [-0.15, -0.1) is 0 Å². The van der Waals surface area contributed by atoms with Crippen LogP contribution >= 0.6 is 0 Å². The molecule has 0 atom stereocenters. The molecule has 0 fully saturated rings. The van der Waals surface area contributed by atoms with Crippen molar-refractivity contribution in [3.63, 3.8) is 0 Å². The fraction of sp³-hybridized carbons (Fsp3) is 0.200. The lowest BCUT2D eigenvalue weighted by Gasteiger charge is -2.07. The molecule has 0 radical (unpaired) electrons. The number of aromatic nitrogens is 3. The van der Waals surface area contributed by atoms with Gasteiger partial charge in [0.25, 0.3) is 5.91 Å². The third kappa shape index (κ3) is 4.63. The highest BCUT2D eigenvalue weighted by Crippen LogP contribution is 2.14. The number of hydrogen-bond donors (Lipinski definition) is 1. The monoisotopic (exact) mass is 348 g/mol. The summed E-state index contributed by atoms with van der Waals surface area (Å²) in [6.45, 7) is 0.610. The molecular weight excluding hydrogens is 328 g/mol. The van der Waals surface area contributed by atoms with Crippen LogP contribution in [0.15, 0.2) is 61.3 Å². The normalized spacial score (nSPS) is 10.3. The van der Waals surface area contributed by atoms with Crippen LogP contribution in [0.25, 0.3) is 11.3 Å². The molecule has 0 saturated carbocycles. The maximum Gasteiger partial charge on any atom is 0.252 e. The summed E-state index contributed by atoms with van der Waals surface area (Å²) in [7, 11) is 1.65. The molecule has 0 aliphatic carbocycles. The van der Waals surface area contributed by atoms with Gasteiger partial charge in [-0.05, 0) is 42.7 Å². The van der Waals surface area contributed by atoms with Gasteiger partial charge in [-0.1, -0.05) is 12.1 Å². The number of rotatable bonds is 7. The third-order valence-corrected chi connectivity index (χ3v) is 3.97. The lowest BCUT2D eigenvalue weighted by atomic mass is 10.1. The minimum atomic E-state index is -0.122. The molecule has 0 aliphatic heterocycles. The predicted molar refractivity (Wildman–Crippen MR) is 98.9 cm³/mol. The van der Waals surface area contributed by atoms with Gasteiger partial charge in [0.1, 0.15) is 12.1 Å². The predicted octanol–water partition coefficient (Wildman–Crippen LogP) is 2.91. The van der Waals surface area contributed by atoms with E-state index < -0.39 is 0 Å². The Bertz CT molecular complexity index is 834. The van der Waals surface area contributed by atoms with Crippen molar-refractivity contribution >= 4 is 5.91 Å². The zero-order valence-corrected chi connectivity index (χ0v) is 14.6. The van der Waals surface area contributed by atoms with Gasteiger partial charge in [0, 0.05) is 30.7 Å². The van der Waals surface area contributed by atoms with E-state index in [1.54, 1.807) is 37.8 Å². The molecule has 6 heteroatoms. The molecule has 0 spiro atoms. The first-order valence-corrected chi connectivity index (χ1v) is 8.39. The highest BCUT2D eigenvalue weighted by Gasteiger charge is 2.07. The second-order valence-corrected chi connectivity index (χ2v) is 5.77. The number of aryl methyl sites for hydroxylation is 1. The number of amides is 1. The minimum Gasteiger partial charge on any atom is -0.497 e. The second kappa shape index (κ2) is 8.71. The summed E-state index contributed by atoms with van der Waals surface area (Å²) in [4.78, 5) is 24.4. The van der Waals surface area contributed by atoms with Crippen molar-refractivity contribution in [2.75, 3.05) is 13.7 Å². The van der Waals surface area contributed by atoms with Gasteiger partial charge >= 0.3 is 0 Å². The molecule has 2 heterocycles. The van der Waals surface area contributed by atoms with E-state index in [-0.39, 0.29) is 5.91 Å². The molecule has 3 aromatic rings. The van der Waals surface area contributed by atoms with Crippen LogP contribution in [0.3, 0.4) is 0 Å². The molecule has 0 unspecified atom stereocenters. The second-order valence-electron chi connectivity index (χ2n) is 5.77. The Balaban J connectivity index is 1.47. The lowest BCUT2D eigenvalue weighted by molar-refractivity contribution is 0.0953. The van der Waals surface area contributed by atoms with Crippen molar-refractivity contribution in [3.8, 4) is 17.0 Å². The highest BCUT2D eigenvalue weighted by atomic mass is 16.5. The average molecular weight is 348 g/mol. The molecule has 1 aromatic carbocycles. The Morgan fingerprint density at radius 1 is 1.04 bits per heavy atom. The Morgan fingerprint density at radius 2 is 1.81 bits per heavy atom. The van der Waals surface area contributed by atoms with Gasteiger partial charge in [-0.2, -0.15) is 0 Å². The van der Waals surface area contributed by atoms with Gasteiger partial charge in [-0.25, -0.2) is 9.97 Å². The fourth-order valence-electron chi connectivity index (χ4n) is 2.52. The van der Waals surface area contributed by atoms with E-state index >= 15 is 0 Å². The van der Waals surface area contributed by atoms with Gasteiger partial charge in [0.15, 0.2) is 0 Å². The Hall–Kier alpha value is -3.28. The summed E-state index contributed by atoms with van der Waals surface area (Å²) < 4.78 is 5.14. The SMILES string of the molecule is COc1ccc(CCCNC(=O)c2ccc(-c3cncnc3)nc2)cc1. The van der Waals surface area contributed by atoms with Crippen molar-refractivity contribution in [1.82, 2.24) is 20.3 Å². The van der Waals surface area contributed by atoms with E-state index in [1.807, 2.05) is 24.3 Å². The van der Waals surface area contributed by atoms with E-state index in [2.05, 4.69) is 20.3 Å². The number of benzene rings is 1. The zero-order chi connectivity index (χ0) is 18.2. The smallest absolute Gasteiger partial charge is 0.252 e. The van der Waals surface area contributed by atoms with Crippen molar-refractivity contribution in [3.05, 3.63) is 72.4 Å². The highest BCUT2D eigenvalue weighted by molar-refractivity contribution is 5.94. The van der Waals surface area contributed by atoms with E-state index in [0.29, 0.717) is 12.1 Å². The number of nitrogens with zero attached hydrogens (tertiary/aromatic N) is 3. The van der Waals surface area contributed by atoms with Gasteiger partial charge < -0.3 is 10.1 Å². The molecule has 2 aromatic heterocycles. The number of pyridine rings is 1. The molecule has 0 aliphatic rings. The summed E-state index contributed by atoms with van der Waals surface area (Å²) in [5.41, 5.74) is 3.31. The molecule has 1 amide bonds. The summed E-state index contributed by atoms with van der Waals surface area (Å²) in [6.07, 6.45) is 8.18. The molecular formula is C20H20N4O2. The molecule has 3 rings (SSSR count). The van der Waals surface area contributed by atoms with Crippen molar-refractivity contribution in [2.45, 2.75) is 12.8 Å². The van der Waals surface area contributed by atoms with Crippen molar-refractivity contribution in [1.29, 1.82) is 0 Å². The van der Waals surface area contributed by atoms with Gasteiger partial charge in [0.05, 0.1) is 18.4 Å². The van der Waals surface area contributed by atoms with Crippen LogP contribution in [0.2, 0.25) is 0 Å². The van der Waals surface area contributed by atoms with E-state index in [0.717, 1.165) is 29.8 Å². The molecule has 0 bridgehead atoms. The van der Waals surface area contributed by atoms with Crippen LogP contribution in [-0.2, 0) is 6.42 Å². The molecule has 1 N–H and O–H groups in total. The van der Waals surface area contributed by atoms with Crippen molar-refractivity contribution < 1.29 is 9.53 Å². The van der Waals surface area contributed by atoms with E-state index in [9.17, 15) is 4.79 Å². The number of hydrogen-bond acceptors (Lipinski definition) is 5. The molecule has 26 heavy (non-hydrogen) atoms. The first kappa shape index (κ1) is 17.5. The van der Waals surface area contributed by atoms with Gasteiger partial charge in [0.2, 0.25) is 0 Å². The fourth-order valence-corrected chi connectivity index (χ4v) is 2.52. The number of nitrogens with one attached hydrogen (secondary N) is 1. The average Bonchev–Trinajstić information content (AvgIpc) is 2.72. The van der Waals surface area contributed by atoms with Crippen LogP contribution in [0, 0.1) is 0 Å².